The molecule has 0 heterocycles. The molecule has 0 aliphatic heterocycles. The molecular formula is C10H13ClN2O4S. The Labute approximate surface area is 110 Å². The van der Waals surface area contributed by atoms with Gasteiger partial charge in [-0.1, -0.05) is 17.7 Å². The first-order chi connectivity index (χ1) is 8.25. The van der Waals surface area contributed by atoms with Crippen LogP contribution in [0.1, 0.15) is 5.56 Å². The van der Waals surface area contributed by atoms with Gasteiger partial charge in [0, 0.05) is 11.6 Å². The van der Waals surface area contributed by atoms with Gasteiger partial charge in [0.1, 0.15) is 6.10 Å². The maximum absolute atomic E-state index is 11.9. The van der Waals surface area contributed by atoms with Crippen LogP contribution in [0.3, 0.4) is 0 Å². The number of sulfonamides is 1. The standard InChI is InChI=1S/C10H13ClN2O4S/c1-6-7(11)3-2-4-9(6)18(16,17)13-5-8(14)10(12)15/h2-4,8,13-14H,5H2,1H3,(H2,12,15). The van der Waals surface area contributed by atoms with E-state index in [0.717, 1.165) is 0 Å². The summed E-state index contributed by atoms with van der Waals surface area (Å²) in [4.78, 5) is 10.6. The quantitative estimate of drug-likeness (QED) is 0.696. The van der Waals surface area contributed by atoms with Crippen LogP contribution in [0.5, 0.6) is 0 Å². The first-order valence-corrected chi connectivity index (χ1v) is 6.84. The molecule has 1 aromatic carbocycles. The first-order valence-electron chi connectivity index (χ1n) is 4.98. The third-order valence-electron chi connectivity index (χ3n) is 2.30. The molecule has 4 N–H and O–H groups in total. The van der Waals surface area contributed by atoms with Gasteiger partial charge in [-0.15, -0.1) is 0 Å². The van der Waals surface area contributed by atoms with Crippen molar-refractivity contribution in [2.45, 2.75) is 17.9 Å². The number of primary amides is 1. The van der Waals surface area contributed by atoms with Gasteiger partial charge >= 0.3 is 0 Å². The largest absolute Gasteiger partial charge is 0.382 e. The number of rotatable bonds is 5. The Kier molecular flexibility index (Phi) is 4.69. The number of amides is 1. The molecule has 1 amide bonds. The number of carbonyl (C=O) groups is 1. The topological polar surface area (TPSA) is 109 Å². The molecule has 0 aliphatic rings. The van der Waals surface area contributed by atoms with Crippen molar-refractivity contribution in [1.29, 1.82) is 0 Å². The molecule has 1 rings (SSSR count). The second kappa shape index (κ2) is 5.66. The predicted octanol–water partition coefficient (Wildman–Crippen LogP) is -0.227. The van der Waals surface area contributed by atoms with Crippen molar-refractivity contribution in [3.8, 4) is 0 Å². The van der Waals surface area contributed by atoms with Gasteiger partial charge in [0.2, 0.25) is 15.9 Å². The van der Waals surface area contributed by atoms with Crippen LogP contribution in [0.25, 0.3) is 0 Å². The lowest BCUT2D eigenvalue weighted by Gasteiger charge is -2.11. The maximum atomic E-state index is 11.9. The van der Waals surface area contributed by atoms with E-state index in [2.05, 4.69) is 4.72 Å². The van der Waals surface area contributed by atoms with E-state index in [1.54, 1.807) is 13.0 Å². The van der Waals surface area contributed by atoms with E-state index in [4.69, 9.17) is 22.4 Å². The molecule has 1 unspecified atom stereocenters. The number of benzene rings is 1. The van der Waals surface area contributed by atoms with Gasteiger partial charge in [0.15, 0.2) is 0 Å². The van der Waals surface area contributed by atoms with Crippen LogP contribution in [0, 0.1) is 6.92 Å². The van der Waals surface area contributed by atoms with Crippen molar-refractivity contribution in [2.75, 3.05) is 6.54 Å². The fourth-order valence-corrected chi connectivity index (χ4v) is 2.78. The summed E-state index contributed by atoms with van der Waals surface area (Å²) in [6, 6.07) is 4.43. The van der Waals surface area contributed by atoms with Gasteiger partial charge in [0.25, 0.3) is 0 Å². The molecule has 100 valence electrons. The number of hydrogen-bond acceptors (Lipinski definition) is 4. The minimum Gasteiger partial charge on any atom is -0.382 e. The number of aliphatic hydroxyl groups excluding tert-OH is 1. The lowest BCUT2D eigenvalue weighted by molar-refractivity contribution is -0.125. The number of carbonyl (C=O) groups excluding carboxylic acids is 1. The van der Waals surface area contributed by atoms with E-state index in [1.807, 2.05) is 0 Å². The smallest absolute Gasteiger partial charge is 0.247 e. The number of halogens is 1. The fraction of sp³-hybridized carbons (Fsp3) is 0.300. The molecule has 1 atom stereocenters. The van der Waals surface area contributed by atoms with Gasteiger partial charge in [-0.3, -0.25) is 4.79 Å². The van der Waals surface area contributed by atoms with Crippen molar-refractivity contribution >= 4 is 27.5 Å². The number of nitrogens with one attached hydrogen (secondary N) is 1. The van der Waals surface area contributed by atoms with Gasteiger partial charge in [0.05, 0.1) is 4.90 Å². The van der Waals surface area contributed by atoms with Crippen LogP contribution in [0.2, 0.25) is 5.02 Å². The summed E-state index contributed by atoms with van der Waals surface area (Å²) in [6.07, 6.45) is -1.57. The average molecular weight is 293 g/mol. The molecular weight excluding hydrogens is 280 g/mol. The zero-order valence-corrected chi connectivity index (χ0v) is 11.1. The monoisotopic (exact) mass is 292 g/mol. The summed E-state index contributed by atoms with van der Waals surface area (Å²) in [5.41, 5.74) is 5.20. The molecule has 0 saturated carbocycles. The zero-order valence-electron chi connectivity index (χ0n) is 9.55. The van der Waals surface area contributed by atoms with Crippen molar-refractivity contribution in [3.63, 3.8) is 0 Å². The normalized spacial score (nSPS) is 13.3. The average Bonchev–Trinajstić information content (AvgIpc) is 2.29. The Morgan fingerprint density at radius 3 is 2.72 bits per heavy atom. The Morgan fingerprint density at radius 2 is 2.17 bits per heavy atom. The van der Waals surface area contributed by atoms with Crippen molar-refractivity contribution in [1.82, 2.24) is 4.72 Å². The highest BCUT2D eigenvalue weighted by Gasteiger charge is 2.20. The van der Waals surface area contributed by atoms with E-state index < -0.39 is 28.6 Å². The number of nitrogens with two attached hydrogens (primary N) is 1. The summed E-state index contributed by atoms with van der Waals surface area (Å²) in [7, 11) is -3.84. The molecule has 1 aromatic rings. The molecule has 0 aromatic heterocycles. The van der Waals surface area contributed by atoms with Crippen molar-refractivity contribution in [3.05, 3.63) is 28.8 Å². The Balaban J connectivity index is 2.94. The molecule has 0 fully saturated rings. The second-order valence-electron chi connectivity index (χ2n) is 3.63. The molecule has 18 heavy (non-hydrogen) atoms. The highest BCUT2D eigenvalue weighted by atomic mass is 35.5. The highest BCUT2D eigenvalue weighted by molar-refractivity contribution is 7.89. The Morgan fingerprint density at radius 1 is 1.56 bits per heavy atom. The molecule has 0 radical (unpaired) electrons. The lowest BCUT2D eigenvalue weighted by Crippen LogP contribution is -2.40. The SMILES string of the molecule is Cc1c(Cl)cccc1S(=O)(=O)NCC(O)C(N)=O. The first kappa shape index (κ1) is 14.9. The fourth-order valence-electron chi connectivity index (χ4n) is 1.25. The third kappa shape index (κ3) is 3.42. The van der Waals surface area contributed by atoms with Crippen molar-refractivity contribution < 1.29 is 18.3 Å². The van der Waals surface area contributed by atoms with Crippen LogP contribution >= 0.6 is 11.6 Å². The van der Waals surface area contributed by atoms with Crippen LogP contribution in [0.15, 0.2) is 23.1 Å². The third-order valence-corrected chi connectivity index (χ3v) is 4.28. The van der Waals surface area contributed by atoms with E-state index in [9.17, 15) is 13.2 Å². The van der Waals surface area contributed by atoms with E-state index in [-0.39, 0.29) is 4.90 Å². The second-order valence-corrected chi connectivity index (χ2v) is 5.78. The van der Waals surface area contributed by atoms with Crippen LogP contribution in [-0.4, -0.2) is 32.1 Å². The molecule has 0 aliphatic carbocycles. The Hall–Kier alpha value is -1.15. The van der Waals surface area contributed by atoms with Crippen LogP contribution in [0.4, 0.5) is 0 Å². The number of hydrogen-bond donors (Lipinski definition) is 3. The predicted molar refractivity (Wildman–Crippen MR) is 66.6 cm³/mol. The minimum atomic E-state index is -3.84. The molecule has 0 bridgehead atoms. The van der Waals surface area contributed by atoms with E-state index in [0.29, 0.717) is 10.6 Å². The number of aliphatic hydroxyl groups is 1. The lowest BCUT2D eigenvalue weighted by atomic mass is 10.2. The van der Waals surface area contributed by atoms with Crippen molar-refractivity contribution in [2.24, 2.45) is 5.73 Å². The van der Waals surface area contributed by atoms with Crippen LogP contribution < -0.4 is 10.5 Å². The summed E-state index contributed by atoms with van der Waals surface area (Å²) in [5.74, 6) is -1.000. The summed E-state index contributed by atoms with van der Waals surface area (Å²) >= 11 is 5.82. The maximum Gasteiger partial charge on any atom is 0.247 e. The molecule has 6 nitrogen and oxygen atoms in total. The summed E-state index contributed by atoms with van der Waals surface area (Å²) in [5, 5.41) is 9.45. The van der Waals surface area contributed by atoms with E-state index in [1.165, 1.54) is 12.1 Å². The molecule has 0 spiro atoms. The summed E-state index contributed by atoms with van der Waals surface area (Å²) < 4.78 is 25.9. The van der Waals surface area contributed by atoms with Gasteiger partial charge in [-0.05, 0) is 24.6 Å². The van der Waals surface area contributed by atoms with Gasteiger partial charge in [-0.25, -0.2) is 13.1 Å². The molecule has 8 heteroatoms. The van der Waals surface area contributed by atoms with Gasteiger partial charge in [-0.2, -0.15) is 0 Å². The highest BCUT2D eigenvalue weighted by Crippen LogP contribution is 2.22. The minimum absolute atomic E-state index is 0.00771. The zero-order chi connectivity index (χ0) is 13.9. The Bertz CT molecular complexity index is 559. The molecule has 0 saturated heterocycles. The van der Waals surface area contributed by atoms with Gasteiger partial charge < -0.3 is 10.8 Å². The van der Waals surface area contributed by atoms with Crippen LogP contribution in [-0.2, 0) is 14.8 Å². The van der Waals surface area contributed by atoms with E-state index >= 15 is 0 Å². The summed E-state index contributed by atoms with van der Waals surface area (Å²) in [6.45, 7) is 1.07.